The number of carbonyl (C=O) groups is 2. The Labute approximate surface area is 144 Å². The molecule has 0 saturated carbocycles. The molecular weight excluding hydrogens is 332 g/mol. The molecule has 2 saturated heterocycles. The molecule has 2 aliphatic rings. The SMILES string of the molecule is CC1(C)SC2C(NC(=O)Cc3ccccc3)C(=S)N2C1C(=O)O. The summed E-state index contributed by atoms with van der Waals surface area (Å²) in [5.74, 6) is -0.971. The average Bonchev–Trinajstić information content (AvgIpc) is 2.74. The lowest BCUT2D eigenvalue weighted by Crippen LogP contribution is -2.70. The minimum absolute atomic E-state index is 0.0969. The third-order valence-electron chi connectivity index (χ3n) is 4.20. The predicted octanol–water partition coefficient (Wildman–Crippen LogP) is 1.66. The number of nitrogens with one attached hydrogen (secondary N) is 1. The van der Waals surface area contributed by atoms with Crippen LogP contribution < -0.4 is 5.32 Å². The number of nitrogens with zero attached hydrogens (tertiary/aromatic N) is 1. The molecule has 3 unspecified atom stereocenters. The second-order valence-corrected chi connectivity index (χ2v) is 8.49. The molecule has 23 heavy (non-hydrogen) atoms. The number of carbonyl (C=O) groups excluding carboxylic acids is 1. The van der Waals surface area contributed by atoms with Gasteiger partial charge in [-0.1, -0.05) is 42.5 Å². The Bertz CT molecular complexity index is 663. The molecule has 122 valence electrons. The second-order valence-electron chi connectivity index (χ2n) is 6.31. The summed E-state index contributed by atoms with van der Waals surface area (Å²) in [6.45, 7) is 3.81. The highest BCUT2D eigenvalue weighted by molar-refractivity contribution is 8.02. The second kappa shape index (κ2) is 5.79. The summed E-state index contributed by atoms with van der Waals surface area (Å²) in [6.07, 6.45) is 0.295. The number of benzene rings is 1. The number of thioether (sulfide) groups is 1. The van der Waals surface area contributed by atoms with Crippen LogP contribution >= 0.6 is 24.0 Å². The number of aliphatic carboxylic acids is 1. The van der Waals surface area contributed by atoms with Crippen molar-refractivity contribution in [2.75, 3.05) is 0 Å². The molecule has 1 amide bonds. The van der Waals surface area contributed by atoms with Gasteiger partial charge in [0, 0.05) is 4.75 Å². The molecule has 2 N–H and O–H groups in total. The molecule has 3 rings (SSSR count). The van der Waals surface area contributed by atoms with Crippen LogP contribution in [0.1, 0.15) is 19.4 Å². The van der Waals surface area contributed by atoms with Crippen LogP contribution in [0.15, 0.2) is 30.3 Å². The van der Waals surface area contributed by atoms with E-state index >= 15 is 0 Å². The number of fused-ring (bicyclic) bond motifs is 1. The zero-order valence-electron chi connectivity index (χ0n) is 12.9. The maximum atomic E-state index is 12.2. The minimum atomic E-state index is -0.874. The van der Waals surface area contributed by atoms with Crippen molar-refractivity contribution in [1.82, 2.24) is 10.2 Å². The number of hydrogen-bond acceptors (Lipinski definition) is 4. The first kappa shape index (κ1) is 16.3. The topological polar surface area (TPSA) is 69.6 Å². The average molecular weight is 350 g/mol. The highest BCUT2D eigenvalue weighted by atomic mass is 32.2. The Hall–Kier alpha value is -1.60. The lowest BCUT2D eigenvalue weighted by molar-refractivity contribution is -0.142. The summed E-state index contributed by atoms with van der Waals surface area (Å²) >= 11 is 6.92. The van der Waals surface area contributed by atoms with Gasteiger partial charge in [0.25, 0.3) is 0 Å². The number of rotatable bonds is 4. The van der Waals surface area contributed by atoms with Crippen LogP contribution in [0.5, 0.6) is 0 Å². The zero-order chi connectivity index (χ0) is 16.8. The summed E-state index contributed by atoms with van der Waals surface area (Å²) in [5.41, 5.74) is 0.940. The van der Waals surface area contributed by atoms with Gasteiger partial charge in [0.1, 0.15) is 22.4 Å². The predicted molar refractivity (Wildman–Crippen MR) is 93.4 cm³/mol. The van der Waals surface area contributed by atoms with Gasteiger partial charge in [-0.15, -0.1) is 11.8 Å². The molecule has 1 aromatic rings. The normalized spacial score (nSPS) is 28.0. The molecule has 2 fully saturated rings. The first-order valence-electron chi connectivity index (χ1n) is 7.37. The molecule has 0 radical (unpaired) electrons. The van der Waals surface area contributed by atoms with Crippen LogP contribution in [-0.4, -0.2) is 49.1 Å². The Kier molecular flexibility index (Phi) is 4.10. The number of carboxylic acid groups (broad SMARTS) is 1. The van der Waals surface area contributed by atoms with Crippen molar-refractivity contribution in [3.63, 3.8) is 0 Å². The molecular formula is C16H18N2O3S2. The van der Waals surface area contributed by atoms with E-state index < -0.39 is 16.8 Å². The van der Waals surface area contributed by atoms with Crippen molar-refractivity contribution in [3.05, 3.63) is 35.9 Å². The van der Waals surface area contributed by atoms with E-state index in [2.05, 4.69) is 5.32 Å². The largest absolute Gasteiger partial charge is 0.480 e. The Balaban J connectivity index is 1.66. The first-order chi connectivity index (χ1) is 10.8. The molecule has 1 aromatic carbocycles. The van der Waals surface area contributed by atoms with Crippen molar-refractivity contribution < 1.29 is 14.7 Å². The number of thiocarbonyl (C=S) groups is 1. The van der Waals surface area contributed by atoms with Gasteiger partial charge >= 0.3 is 5.97 Å². The van der Waals surface area contributed by atoms with Crippen LogP contribution in [0.2, 0.25) is 0 Å². The van der Waals surface area contributed by atoms with Crippen LogP contribution in [0.3, 0.4) is 0 Å². The molecule has 3 atom stereocenters. The van der Waals surface area contributed by atoms with Crippen LogP contribution in [0.4, 0.5) is 0 Å². The van der Waals surface area contributed by atoms with Crippen molar-refractivity contribution in [2.24, 2.45) is 0 Å². The molecule has 5 nitrogen and oxygen atoms in total. The van der Waals surface area contributed by atoms with E-state index in [1.807, 2.05) is 44.2 Å². The minimum Gasteiger partial charge on any atom is -0.480 e. The standard InChI is InChI=1S/C16H18N2O3S2/c1-16(2)12(15(20)21)18-13(22)11(14(18)23-16)17-10(19)8-9-6-4-3-5-7-9/h3-7,11-12,14H,8H2,1-2H3,(H,17,19)(H,20,21). The summed E-state index contributed by atoms with van der Waals surface area (Å²) in [5, 5.41) is 12.3. The third-order valence-corrected chi connectivity index (χ3v) is 6.24. The highest BCUT2D eigenvalue weighted by Gasteiger charge is 2.62. The van der Waals surface area contributed by atoms with Gasteiger partial charge in [-0.05, 0) is 19.4 Å². The Morgan fingerprint density at radius 1 is 1.35 bits per heavy atom. The van der Waals surface area contributed by atoms with Gasteiger partial charge in [-0.2, -0.15) is 0 Å². The van der Waals surface area contributed by atoms with Crippen molar-refractivity contribution in [2.45, 2.75) is 42.5 Å². The lowest BCUT2D eigenvalue weighted by atomic mass is 9.96. The lowest BCUT2D eigenvalue weighted by Gasteiger charge is -2.46. The monoisotopic (exact) mass is 350 g/mol. The summed E-state index contributed by atoms with van der Waals surface area (Å²) in [7, 11) is 0. The van der Waals surface area contributed by atoms with Crippen molar-refractivity contribution in [1.29, 1.82) is 0 Å². The van der Waals surface area contributed by atoms with E-state index in [0.29, 0.717) is 11.4 Å². The number of hydrogen-bond donors (Lipinski definition) is 2. The molecule has 0 aromatic heterocycles. The fourth-order valence-electron chi connectivity index (χ4n) is 3.15. The fourth-order valence-corrected chi connectivity index (χ4v) is 5.36. The Morgan fingerprint density at radius 3 is 2.61 bits per heavy atom. The first-order valence-corrected chi connectivity index (χ1v) is 8.66. The van der Waals surface area contributed by atoms with Gasteiger partial charge in [-0.25, -0.2) is 4.79 Å². The molecule has 7 heteroatoms. The van der Waals surface area contributed by atoms with Crippen molar-refractivity contribution in [3.8, 4) is 0 Å². The van der Waals surface area contributed by atoms with E-state index in [9.17, 15) is 14.7 Å². The van der Waals surface area contributed by atoms with Gasteiger partial charge in [0.2, 0.25) is 5.91 Å². The fraction of sp³-hybridized carbons (Fsp3) is 0.438. The van der Waals surface area contributed by atoms with E-state index in [1.54, 1.807) is 16.7 Å². The molecule has 0 bridgehead atoms. The zero-order valence-corrected chi connectivity index (χ0v) is 14.5. The van der Waals surface area contributed by atoms with Gasteiger partial charge in [0.05, 0.1) is 6.42 Å². The molecule has 0 aliphatic carbocycles. The highest BCUT2D eigenvalue weighted by Crippen LogP contribution is 2.51. The molecule has 0 spiro atoms. The quantitative estimate of drug-likeness (QED) is 0.805. The van der Waals surface area contributed by atoms with Crippen LogP contribution in [-0.2, 0) is 16.0 Å². The van der Waals surface area contributed by atoms with Gasteiger partial charge < -0.3 is 15.3 Å². The maximum absolute atomic E-state index is 12.2. The Morgan fingerprint density at radius 2 is 2.00 bits per heavy atom. The van der Waals surface area contributed by atoms with E-state index in [1.165, 1.54) is 0 Å². The maximum Gasteiger partial charge on any atom is 0.327 e. The smallest absolute Gasteiger partial charge is 0.327 e. The number of amides is 1. The third kappa shape index (κ3) is 2.83. The summed E-state index contributed by atoms with van der Waals surface area (Å²) in [6, 6.07) is 8.58. The van der Waals surface area contributed by atoms with E-state index in [4.69, 9.17) is 12.2 Å². The summed E-state index contributed by atoms with van der Waals surface area (Å²) in [4.78, 5) is 26.0. The molecule has 2 heterocycles. The van der Waals surface area contributed by atoms with Crippen LogP contribution in [0.25, 0.3) is 0 Å². The van der Waals surface area contributed by atoms with Crippen molar-refractivity contribution >= 4 is 40.8 Å². The van der Waals surface area contributed by atoms with E-state index in [0.717, 1.165) is 5.56 Å². The van der Waals surface area contributed by atoms with Gasteiger partial charge in [0.15, 0.2) is 0 Å². The molecule has 2 aliphatic heterocycles. The van der Waals surface area contributed by atoms with E-state index in [-0.39, 0.29) is 17.3 Å². The number of carboxylic acids is 1. The van der Waals surface area contributed by atoms with Crippen LogP contribution in [0, 0.1) is 0 Å². The van der Waals surface area contributed by atoms with Gasteiger partial charge in [-0.3, -0.25) is 4.79 Å². The summed E-state index contributed by atoms with van der Waals surface area (Å²) < 4.78 is -0.445.